The fourth-order valence-corrected chi connectivity index (χ4v) is 3.66. The van der Waals surface area contributed by atoms with E-state index >= 15 is 0 Å². The van der Waals surface area contributed by atoms with E-state index in [-0.39, 0.29) is 29.3 Å². The highest BCUT2D eigenvalue weighted by Gasteiger charge is 2.33. The summed E-state index contributed by atoms with van der Waals surface area (Å²) >= 11 is 0. The zero-order valence-corrected chi connectivity index (χ0v) is 15.6. The number of hydrogen-bond donors (Lipinski definition) is 1. The topological polar surface area (TPSA) is 35.6 Å². The van der Waals surface area contributed by atoms with E-state index in [0.29, 0.717) is 13.1 Å². The highest BCUT2D eigenvalue weighted by atomic mass is 35.5. The minimum atomic E-state index is -4.43. The van der Waals surface area contributed by atoms with Crippen molar-refractivity contribution < 1.29 is 18.0 Å². The Morgan fingerprint density at radius 1 is 1.23 bits per heavy atom. The molecular weight excluding hydrogens is 367 g/mol. The van der Waals surface area contributed by atoms with Crippen molar-refractivity contribution >= 4 is 18.3 Å². The van der Waals surface area contributed by atoms with Gasteiger partial charge in [-0.25, -0.2) is 0 Å². The number of halogens is 4. The molecule has 0 aromatic heterocycles. The first-order valence-corrected chi connectivity index (χ1v) is 8.66. The summed E-state index contributed by atoms with van der Waals surface area (Å²) in [6.07, 6.45) is -3.28. The average Bonchev–Trinajstić information content (AvgIpc) is 3.00. The number of nitrogens with one attached hydrogen (secondary N) is 1. The van der Waals surface area contributed by atoms with Gasteiger partial charge in [-0.2, -0.15) is 13.2 Å². The molecule has 3 rings (SSSR count). The zero-order valence-electron chi connectivity index (χ0n) is 14.8. The third-order valence-electron chi connectivity index (χ3n) is 5.16. The molecule has 26 heavy (non-hydrogen) atoms. The van der Waals surface area contributed by atoms with Crippen LogP contribution in [0.15, 0.2) is 24.3 Å². The number of carbonyl (C=O) groups is 1. The van der Waals surface area contributed by atoms with E-state index in [2.05, 4.69) is 17.1 Å². The predicted octanol–water partition coefficient (Wildman–Crippen LogP) is 2.88. The first-order chi connectivity index (χ1) is 11.8. The van der Waals surface area contributed by atoms with Gasteiger partial charge < -0.3 is 10.2 Å². The highest BCUT2D eigenvalue weighted by molar-refractivity contribution is 5.94. The Morgan fingerprint density at radius 3 is 2.50 bits per heavy atom. The van der Waals surface area contributed by atoms with Crippen molar-refractivity contribution in [3.8, 4) is 0 Å². The van der Waals surface area contributed by atoms with Crippen LogP contribution in [0.5, 0.6) is 0 Å². The Bertz CT molecular complexity index is 624. The number of rotatable bonds is 3. The molecule has 1 atom stereocenters. The lowest BCUT2D eigenvalue weighted by Gasteiger charge is -2.38. The SMILES string of the molecule is CC1(CN2CCN(C(=O)c3cccc(C(F)(F)F)c3)CC2)CCNC1.Cl. The van der Waals surface area contributed by atoms with Gasteiger partial charge in [-0.1, -0.05) is 13.0 Å². The van der Waals surface area contributed by atoms with Crippen molar-refractivity contribution in [3.05, 3.63) is 35.4 Å². The van der Waals surface area contributed by atoms with Crippen molar-refractivity contribution in [2.75, 3.05) is 45.8 Å². The molecule has 1 amide bonds. The Morgan fingerprint density at radius 2 is 1.92 bits per heavy atom. The summed E-state index contributed by atoms with van der Waals surface area (Å²) in [6.45, 7) is 7.96. The van der Waals surface area contributed by atoms with Gasteiger partial charge in [0, 0.05) is 44.8 Å². The monoisotopic (exact) mass is 391 g/mol. The quantitative estimate of drug-likeness (QED) is 0.860. The Labute approximate surface area is 158 Å². The van der Waals surface area contributed by atoms with Crippen LogP contribution in [-0.2, 0) is 6.18 Å². The van der Waals surface area contributed by atoms with Crippen LogP contribution < -0.4 is 5.32 Å². The molecule has 2 saturated heterocycles. The normalized spacial score (nSPS) is 24.4. The fourth-order valence-electron chi connectivity index (χ4n) is 3.66. The number of benzene rings is 1. The predicted molar refractivity (Wildman–Crippen MR) is 96.6 cm³/mol. The molecule has 146 valence electrons. The van der Waals surface area contributed by atoms with Crippen LogP contribution in [-0.4, -0.2) is 61.5 Å². The van der Waals surface area contributed by atoms with Crippen molar-refractivity contribution in [1.29, 1.82) is 0 Å². The summed E-state index contributed by atoms with van der Waals surface area (Å²) < 4.78 is 38.5. The zero-order chi connectivity index (χ0) is 18.1. The van der Waals surface area contributed by atoms with Crippen LogP contribution in [0.4, 0.5) is 13.2 Å². The molecule has 1 N–H and O–H groups in total. The average molecular weight is 392 g/mol. The number of alkyl halides is 3. The van der Waals surface area contributed by atoms with Gasteiger partial charge in [0.2, 0.25) is 0 Å². The van der Waals surface area contributed by atoms with Crippen LogP contribution >= 0.6 is 12.4 Å². The van der Waals surface area contributed by atoms with E-state index in [0.717, 1.165) is 51.3 Å². The summed E-state index contributed by atoms with van der Waals surface area (Å²) in [7, 11) is 0. The summed E-state index contributed by atoms with van der Waals surface area (Å²) in [4.78, 5) is 16.5. The molecule has 0 spiro atoms. The van der Waals surface area contributed by atoms with Crippen LogP contribution in [0.2, 0.25) is 0 Å². The lowest BCUT2D eigenvalue weighted by atomic mass is 9.89. The molecule has 0 radical (unpaired) electrons. The first kappa shape index (κ1) is 21.0. The molecule has 8 heteroatoms. The minimum Gasteiger partial charge on any atom is -0.336 e. The lowest BCUT2D eigenvalue weighted by Crippen LogP contribution is -2.51. The van der Waals surface area contributed by atoms with E-state index in [4.69, 9.17) is 0 Å². The molecule has 2 fully saturated rings. The van der Waals surface area contributed by atoms with E-state index < -0.39 is 11.7 Å². The van der Waals surface area contributed by atoms with Crippen molar-refractivity contribution in [3.63, 3.8) is 0 Å². The minimum absolute atomic E-state index is 0. The molecule has 1 unspecified atom stereocenters. The van der Waals surface area contributed by atoms with E-state index in [1.54, 1.807) is 4.90 Å². The Kier molecular flexibility index (Phi) is 6.58. The smallest absolute Gasteiger partial charge is 0.336 e. The molecule has 2 aliphatic heterocycles. The molecule has 0 bridgehead atoms. The second kappa shape index (κ2) is 8.15. The number of amides is 1. The van der Waals surface area contributed by atoms with Gasteiger partial charge >= 0.3 is 6.18 Å². The molecular formula is C18H25ClF3N3O. The van der Waals surface area contributed by atoms with Gasteiger partial charge in [-0.15, -0.1) is 12.4 Å². The maximum Gasteiger partial charge on any atom is 0.416 e. The standard InChI is InChI=1S/C18H24F3N3O.ClH/c1-17(5-6-22-12-17)13-23-7-9-24(10-8-23)16(25)14-3-2-4-15(11-14)18(19,20)21;/h2-4,11,22H,5-10,12-13H2,1H3;1H. The fraction of sp³-hybridized carbons (Fsp3) is 0.611. The van der Waals surface area contributed by atoms with Gasteiger partial charge in [-0.05, 0) is 36.6 Å². The Balaban J connectivity index is 0.00000243. The maximum absolute atomic E-state index is 12.8. The third-order valence-corrected chi connectivity index (χ3v) is 5.16. The number of hydrogen-bond acceptors (Lipinski definition) is 3. The summed E-state index contributed by atoms with van der Waals surface area (Å²) in [5.74, 6) is -0.320. The molecule has 2 heterocycles. The summed E-state index contributed by atoms with van der Waals surface area (Å²) in [5, 5.41) is 3.39. The molecule has 2 aliphatic rings. The van der Waals surface area contributed by atoms with Crippen LogP contribution in [0.3, 0.4) is 0 Å². The summed E-state index contributed by atoms with van der Waals surface area (Å²) in [5.41, 5.74) is -0.401. The van der Waals surface area contributed by atoms with Gasteiger partial charge in [-0.3, -0.25) is 9.69 Å². The molecule has 0 saturated carbocycles. The van der Waals surface area contributed by atoms with Gasteiger partial charge in [0.15, 0.2) is 0 Å². The number of nitrogens with zero attached hydrogens (tertiary/aromatic N) is 2. The van der Waals surface area contributed by atoms with Gasteiger partial charge in [0.05, 0.1) is 5.56 Å². The summed E-state index contributed by atoms with van der Waals surface area (Å²) in [6, 6.07) is 4.68. The number of carbonyl (C=O) groups excluding carboxylic acids is 1. The Hall–Kier alpha value is -1.31. The largest absolute Gasteiger partial charge is 0.416 e. The van der Waals surface area contributed by atoms with Crippen molar-refractivity contribution in [1.82, 2.24) is 15.1 Å². The molecule has 1 aromatic carbocycles. The second-order valence-electron chi connectivity index (χ2n) is 7.38. The van der Waals surface area contributed by atoms with E-state index in [1.165, 1.54) is 12.1 Å². The van der Waals surface area contributed by atoms with Gasteiger partial charge in [0.1, 0.15) is 0 Å². The van der Waals surface area contributed by atoms with Crippen LogP contribution in [0.25, 0.3) is 0 Å². The van der Waals surface area contributed by atoms with Crippen molar-refractivity contribution in [2.24, 2.45) is 5.41 Å². The maximum atomic E-state index is 12.8. The number of piperazine rings is 1. The lowest BCUT2D eigenvalue weighted by molar-refractivity contribution is -0.137. The second-order valence-corrected chi connectivity index (χ2v) is 7.38. The van der Waals surface area contributed by atoms with E-state index in [9.17, 15) is 18.0 Å². The third kappa shape index (κ3) is 4.90. The molecule has 1 aromatic rings. The van der Waals surface area contributed by atoms with Gasteiger partial charge in [0.25, 0.3) is 5.91 Å². The van der Waals surface area contributed by atoms with E-state index in [1.807, 2.05) is 0 Å². The highest BCUT2D eigenvalue weighted by Crippen LogP contribution is 2.30. The molecule has 0 aliphatic carbocycles. The van der Waals surface area contributed by atoms with Crippen molar-refractivity contribution in [2.45, 2.75) is 19.5 Å². The van der Waals surface area contributed by atoms with Crippen LogP contribution in [0.1, 0.15) is 29.3 Å². The van der Waals surface area contributed by atoms with Crippen LogP contribution in [0, 0.1) is 5.41 Å². The first-order valence-electron chi connectivity index (χ1n) is 8.66. The molecule has 4 nitrogen and oxygen atoms in total.